The molecular weight excluding hydrogens is 278 g/mol. The Bertz CT molecular complexity index is 883. The number of aliphatic hydroxyl groups excluding tert-OH is 1. The lowest BCUT2D eigenvalue weighted by Crippen LogP contribution is -2.35. The van der Waals surface area contributed by atoms with Crippen molar-refractivity contribution in [3.63, 3.8) is 0 Å². The lowest BCUT2D eigenvalue weighted by Gasteiger charge is -2.12. The minimum absolute atomic E-state index is 0.238. The van der Waals surface area contributed by atoms with Gasteiger partial charge in [-0.15, -0.1) is 0 Å². The molecule has 1 heterocycles. The number of nitrogens with zero attached hydrogens (tertiary/aromatic N) is 1. The number of rotatable bonds is 3. The molecule has 3 rings (SSSR count). The molecule has 0 fully saturated rings. The highest BCUT2D eigenvalue weighted by Crippen LogP contribution is 2.20. The van der Waals surface area contributed by atoms with Crippen LogP contribution in [0, 0.1) is 0 Å². The Balaban J connectivity index is 2.67. The second kappa shape index (κ2) is 5.73. The molecule has 4 nitrogen and oxygen atoms in total. The van der Waals surface area contributed by atoms with Gasteiger partial charge in [0.1, 0.15) is 0 Å². The summed E-state index contributed by atoms with van der Waals surface area (Å²) in [6.45, 7) is 1.61. The first-order valence-electron chi connectivity index (χ1n) is 7.36. The third-order valence-corrected chi connectivity index (χ3v) is 4.09. The van der Waals surface area contributed by atoms with Crippen LogP contribution in [0.2, 0.25) is 0 Å². The molecule has 3 aromatic rings. The second-order valence-corrected chi connectivity index (χ2v) is 5.32. The fraction of sp³-hybridized carbons (Fsp3) is 0.222. The Morgan fingerprint density at radius 1 is 0.864 bits per heavy atom. The Kier molecular flexibility index (Phi) is 3.77. The molecule has 0 bridgehead atoms. The topological polar surface area (TPSA) is 59.3 Å². The number of fused-ring (bicyclic) bond motifs is 3. The van der Waals surface area contributed by atoms with Gasteiger partial charge in [-0.05, 0) is 29.3 Å². The average Bonchev–Trinajstić information content (AvgIpc) is 2.66. The van der Waals surface area contributed by atoms with E-state index in [-0.39, 0.29) is 17.7 Å². The van der Waals surface area contributed by atoms with Crippen molar-refractivity contribution < 1.29 is 5.11 Å². The van der Waals surface area contributed by atoms with Crippen LogP contribution in [0.3, 0.4) is 0 Å². The first-order valence-corrected chi connectivity index (χ1v) is 7.36. The SMILES string of the molecule is CCC(CO)n1c(=O)c2ccccc2c2ccccc2c1=O. The molecular formula is C18H17NO3. The van der Waals surface area contributed by atoms with Crippen LogP contribution in [0.1, 0.15) is 19.4 Å². The molecule has 0 spiro atoms. The van der Waals surface area contributed by atoms with Crippen molar-refractivity contribution in [1.29, 1.82) is 0 Å². The van der Waals surface area contributed by atoms with Gasteiger partial charge in [0.05, 0.1) is 12.6 Å². The van der Waals surface area contributed by atoms with E-state index in [1.807, 2.05) is 31.2 Å². The summed E-state index contributed by atoms with van der Waals surface area (Å²) >= 11 is 0. The van der Waals surface area contributed by atoms with E-state index in [0.717, 1.165) is 10.8 Å². The van der Waals surface area contributed by atoms with E-state index in [1.54, 1.807) is 24.3 Å². The lowest BCUT2D eigenvalue weighted by atomic mass is 10.1. The van der Waals surface area contributed by atoms with Gasteiger partial charge in [-0.2, -0.15) is 0 Å². The van der Waals surface area contributed by atoms with E-state index in [4.69, 9.17) is 0 Å². The maximum absolute atomic E-state index is 12.9. The predicted octanol–water partition coefficient (Wildman–Crippen LogP) is 2.46. The summed E-state index contributed by atoms with van der Waals surface area (Å²) in [4.78, 5) is 25.7. The molecule has 0 aliphatic rings. The first kappa shape index (κ1) is 14.5. The first-order chi connectivity index (χ1) is 10.7. The quantitative estimate of drug-likeness (QED) is 0.807. The maximum atomic E-state index is 12.9. The van der Waals surface area contributed by atoms with E-state index in [9.17, 15) is 14.7 Å². The van der Waals surface area contributed by atoms with E-state index in [2.05, 4.69) is 0 Å². The molecule has 22 heavy (non-hydrogen) atoms. The van der Waals surface area contributed by atoms with Gasteiger partial charge in [-0.25, -0.2) is 0 Å². The third kappa shape index (κ3) is 2.12. The molecule has 4 heteroatoms. The van der Waals surface area contributed by atoms with Crippen LogP contribution in [-0.4, -0.2) is 16.3 Å². The van der Waals surface area contributed by atoms with Crippen LogP contribution in [-0.2, 0) is 0 Å². The van der Waals surface area contributed by atoms with Gasteiger partial charge in [-0.3, -0.25) is 14.2 Å². The molecule has 112 valence electrons. The molecule has 0 amide bonds. The smallest absolute Gasteiger partial charge is 0.261 e. The monoisotopic (exact) mass is 295 g/mol. The zero-order valence-electron chi connectivity index (χ0n) is 12.3. The largest absolute Gasteiger partial charge is 0.394 e. The zero-order chi connectivity index (χ0) is 15.7. The maximum Gasteiger partial charge on any atom is 0.261 e. The van der Waals surface area contributed by atoms with E-state index < -0.39 is 6.04 Å². The van der Waals surface area contributed by atoms with Gasteiger partial charge in [-0.1, -0.05) is 43.3 Å². The summed E-state index contributed by atoms with van der Waals surface area (Å²) < 4.78 is 1.20. The van der Waals surface area contributed by atoms with E-state index in [0.29, 0.717) is 17.2 Å². The Morgan fingerprint density at radius 3 is 1.64 bits per heavy atom. The molecule has 1 N–H and O–H groups in total. The predicted molar refractivity (Wildman–Crippen MR) is 88.4 cm³/mol. The molecule has 2 aromatic carbocycles. The number of hydrogen-bond acceptors (Lipinski definition) is 3. The summed E-state index contributed by atoms with van der Waals surface area (Å²) in [7, 11) is 0. The number of aromatic nitrogens is 1. The van der Waals surface area contributed by atoms with Gasteiger partial charge in [0.2, 0.25) is 0 Å². The Labute approximate surface area is 127 Å². The van der Waals surface area contributed by atoms with Crippen LogP contribution in [0.15, 0.2) is 58.1 Å². The van der Waals surface area contributed by atoms with Gasteiger partial charge < -0.3 is 5.11 Å². The second-order valence-electron chi connectivity index (χ2n) is 5.32. The third-order valence-electron chi connectivity index (χ3n) is 4.09. The van der Waals surface area contributed by atoms with Crippen molar-refractivity contribution in [2.75, 3.05) is 6.61 Å². The highest BCUT2D eigenvalue weighted by Gasteiger charge is 2.16. The summed E-state index contributed by atoms with van der Waals surface area (Å²) in [5, 5.41) is 12.1. The molecule has 0 radical (unpaired) electrons. The molecule has 0 aliphatic carbocycles. The molecule has 0 saturated heterocycles. The van der Waals surface area contributed by atoms with Gasteiger partial charge in [0.15, 0.2) is 0 Å². The van der Waals surface area contributed by atoms with Crippen LogP contribution in [0.25, 0.3) is 21.5 Å². The van der Waals surface area contributed by atoms with Crippen molar-refractivity contribution in [1.82, 2.24) is 4.57 Å². The number of hydrogen-bond donors (Lipinski definition) is 1. The molecule has 1 aromatic heterocycles. The van der Waals surface area contributed by atoms with Crippen LogP contribution < -0.4 is 11.1 Å². The Hall–Kier alpha value is -2.46. The summed E-state index contributed by atoms with van der Waals surface area (Å²) in [5.41, 5.74) is -0.699. The average molecular weight is 295 g/mol. The van der Waals surface area contributed by atoms with Crippen molar-refractivity contribution in [2.24, 2.45) is 0 Å². The van der Waals surface area contributed by atoms with Crippen molar-refractivity contribution in [3.8, 4) is 0 Å². The fourth-order valence-corrected chi connectivity index (χ4v) is 2.89. The van der Waals surface area contributed by atoms with Gasteiger partial charge in [0.25, 0.3) is 11.1 Å². The number of aliphatic hydroxyl groups is 1. The standard InChI is InChI=1S/C18H17NO3/c1-2-12(11-20)19-17(21)15-9-5-3-7-13(15)14-8-4-6-10-16(14)18(19)22/h3-10,12,20H,2,11H2,1H3. The summed E-state index contributed by atoms with van der Waals surface area (Å²) in [5.74, 6) is 0. The lowest BCUT2D eigenvalue weighted by molar-refractivity contribution is 0.220. The van der Waals surface area contributed by atoms with Gasteiger partial charge in [0, 0.05) is 10.8 Å². The van der Waals surface area contributed by atoms with Crippen LogP contribution in [0.4, 0.5) is 0 Å². The zero-order valence-corrected chi connectivity index (χ0v) is 12.3. The van der Waals surface area contributed by atoms with E-state index in [1.165, 1.54) is 4.57 Å². The molecule has 1 unspecified atom stereocenters. The minimum atomic E-state index is -0.515. The fourth-order valence-electron chi connectivity index (χ4n) is 2.89. The minimum Gasteiger partial charge on any atom is -0.394 e. The van der Waals surface area contributed by atoms with Gasteiger partial charge >= 0.3 is 0 Å². The van der Waals surface area contributed by atoms with Crippen LogP contribution >= 0.6 is 0 Å². The summed E-state index contributed by atoms with van der Waals surface area (Å²) in [6, 6.07) is 13.9. The van der Waals surface area contributed by atoms with Crippen LogP contribution in [0.5, 0.6) is 0 Å². The highest BCUT2D eigenvalue weighted by atomic mass is 16.3. The summed E-state index contributed by atoms with van der Waals surface area (Å²) in [6.07, 6.45) is 0.512. The van der Waals surface area contributed by atoms with Crippen molar-refractivity contribution in [3.05, 3.63) is 69.2 Å². The van der Waals surface area contributed by atoms with Crippen molar-refractivity contribution >= 4 is 21.5 Å². The van der Waals surface area contributed by atoms with Crippen molar-refractivity contribution in [2.45, 2.75) is 19.4 Å². The Morgan fingerprint density at radius 2 is 1.27 bits per heavy atom. The highest BCUT2D eigenvalue weighted by molar-refractivity contribution is 6.05. The van der Waals surface area contributed by atoms with E-state index >= 15 is 0 Å². The molecule has 0 aliphatic heterocycles. The molecule has 0 saturated carbocycles. The number of benzene rings is 2. The normalized spacial score (nSPS) is 12.6. The molecule has 1 atom stereocenters.